The SMILES string of the molecule is CCCC(O)(CCC)CN=C(NCC)NCCCNC(=O)c1occc1C.I. The number of halogens is 1. The lowest BCUT2D eigenvalue weighted by molar-refractivity contribution is 0.0306. The summed E-state index contributed by atoms with van der Waals surface area (Å²) < 4.78 is 5.18. The second-order valence-corrected chi connectivity index (χ2v) is 6.89. The highest BCUT2D eigenvalue weighted by Gasteiger charge is 2.24. The first-order valence-corrected chi connectivity index (χ1v) is 10.0. The van der Waals surface area contributed by atoms with E-state index in [1.54, 1.807) is 6.07 Å². The smallest absolute Gasteiger partial charge is 0.287 e. The molecule has 0 aliphatic rings. The largest absolute Gasteiger partial charge is 0.459 e. The first-order valence-electron chi connectivity index (χ1n) is 10.0. The van der Waals surface area contributed by atoms with Gasteiger partial charge in [0.05, 0.1) is 18.4 Å². The standard InChI is InChI=1S/C20H36N4O3.HI/c1-5-10-20(26,11-6-2)15-24-19(21-7-3)23-13-8-12-22-18(25)17-16(4)9-14-27-17;/h9,14,26H,5-8,10-13,15H2,1-4H3,(H,22,25)(H2,21,23,24);1H. The highest BCUT2D eigenvalue weighted by molar-refractivity contribution is 14.0. The summed E-state index contributed by atoms with van der Waals surface area (Å²) in [7, 11) is 0. The number of hydrogen-bond acceptors (Lipinski definition) is 4. The molecule has 7 nitrogen and oxygen atoms in total. The fourth-order valence-corrected chi connectivity index (χ4v) is 2.96. The number of rotatable bonds is 12. The van der Waals surface area contributed by atoms with Gasteiger partial charge < -0.3 is 25.5 Å². The number of furan rings is 1. The first kappa shape index (κ1) is 26.7. The highest BCUT2D eigenvalue weighted by Crippen LogP contribution is 2.19. The third-order valence-corrected chi connectivity index (χ3v) is 4.31. The van der Waals surface area contributed by atoms with Crippen LogP contribution in [0.25, 0.3) is 0 Å². The normalized spacial score (nSPS) is 11.7. The number of guanidine groups is 1. The van der Waals surface area contributed by atoms with Crippen molar-refractivity contribution in [2.24, 2.45) is 4.99 Å². The van der Waals surface area contributed by atoms with Gasteiger partial charge in [-0.15, -0.1) is 24.0 Å². The molecule has 1 rings (SSSR count). The Morgan fingerprint density at radius 3 is 2.32 bits per heavy atom. The van der Waals surface area contributed by atoms with Crippen molar-refractivity contribution in [3.8, 4) is 0 Å². The van der Waals surface area contributed by atoms with Crippen molar-refractivity contribution in [2.75, 3.05) is 26.2 Å². The van der Waals surface area contributed by atoms with Gasteiger partial charge >= 0.3 is 0 Å². The predicted octanol–water partition coefficient (Wildman–Crippen LogP) is 3.21. The second kappa shape index (κ2) is 14.7. The van der Waals surface area contributed by atoms with E-state index in [0.717, 1.165) is 44.2 Å². The summed E-state index contributed by atoms with van der Waals surface area (Å²) in [6.07, 6.45) is 5.65. The number of carbonyl (C=O) groups is 1. The van der Waals surface area contributed by atoms with Crippen molar-refractivity contribution in [1.29, 1.82) is 0 Å². The molecule has 0 bridgehead atoms. The summed E-state index contributed by atoms with van der Waals surface area (Å²) in [6, 6.07) is 1.77. The third kappa shape index (κ3) is 9.77. The summed E-state index contributed by atoms with van der Waals surface area (Å²) in [4.78, 5) is 16.5. The molecule has 0 aliphatic carbocycles. The number of amides is 1. The molecule has 0 saturated heterocycles. The van der Waals surface area contributed by atoms with Gasteiger partial charge in [-0.3, -0.25) is 9.79 Å². The zero-order chi connectivity index (χ0) is 20.1. The Labute approximate surface area is 186 Å². The van der Waals surface area contributed by atoms with Gasteiger partial charge in [0.15, 0.2) is 11.7 Å². The van der Waals surface area contributed by atoms with Crippen LogP contribution in [0, 0.1) is 6.92 Å². The van der Waals surface area contributed by atoms with Crippen LogP contribution in [-0.2, 0) is 0 Å². The van der Waals surface area contributed by atoms with E-state index in [9.17, 15) is 9.90 Å². The zero-order valence-electron chi connectivity index (χ0n) is 17.6. The van der Waals surface area contributed by atoms with Gasteiger partial charge in [-0.1, -0.05) is 26.7 Å². The van der Waals surface area contributed by atoms with E-state index in [4.69, 9.17) is 4.42 Å². The minimum absolute atomic E-state index is 0. The molecule has 1 heterocycles. The lowest BCUT2D eigenvalue weighted by atomic mass is 9.93. The Hall–Kier alpha value is -1.29. The number of nitrogens with zero attached hydrogens (tertiary/aromatic N) is 1. The average molecular weight is 508 g/mol. The van der Waals surface area contributed by atoms with Gasteiger partial charge in [0.2, 0.25) is 0 Å². The van der Waals surface area contributed by atoms with Crippen LogP contribution in [0.2, 0.25) is 0 Å². The number of aliphatic imine (C=N–C) groups is 1. The molecule has 0 spiro atoms. The minimum Gasteiger partial charge on any atom is -0.459 e. The zero-order valence-corrected chi connectivity index (χ0v) is 20.0. The van der Waals surface area contributed by atoms with Crippen molar-refractivity contribution >= 4 is 35.8 Å². The Morgan fingerprint density at radius 2 is 1.79 bits per heavy atom. The number of carbonyl (C=O) groups excluding carboxylic acids is 1. The lowest BCUT2D eigenvalue weighted by Gasteiger charge is -2.26. The molecule has 28 heavy (non-hydrogen) atoms. The van der Waals surface area contributed by atoms with Crippen LogP contribution in [0.4, 0.5) is 0 Å². The van der Waals surface area contributed by atoms with Crippen molar-refractivity contribution in [2.45, 2.75) is 65.4 Å². The number of aryl methyl sites for hydroxylation is 1. The molecule has 0 saturated carbocycles. The topological polar surface area (TPSA) is 98.9 Å². The Morgan fingerprint density at radius 1 is 1.14 bits per heavy atom. The molecule has 1 aromatic rings. The van der Waals surface area contributed by atoms with Crippen molar-refractivity contribution in [3.05, 3.63) is 23.7 Å². The monoisotopic (exact) mass is 508 g/mol. The molecule has 0 fully saturated rings. The van der Waals surface area contributed by atoms with Gasteiger partial charge in [-0.2, -0.15) is 0 Å². The molecule has 162 valence electrons. The summed E-state index contributed by atoms with van der Waals surface area (Å²) in [5.41, 5.74) is 0.0969. The molecular formula is C20H37IN4O3. The Kier molecular flexibility index (Phi) is 14.0. The summed E-state index contributed by atoms with van der Waals surface area (Å²) in [5, 5.41) is 20.0. The predicted molar refractivity (Wildman–Crippen MR) is 125 cm³/mol. The van der Waals surface area contributed by atoms with Gasteiger partial charge in [-0.05, 0) is 39.2 Å². The number of aliphatic hydroxyl groups is 1. The molecule has 0 radical (unpaired) electrons. The van der Waals surface area contributed by atoms with Gasteiger partial charge in [0.25, 0.3) is 5.91 Å². The molecular weight excluding hydrogens is 471 g/mol. The van der Waals surface area contributed by atoms with Crippen molar-refractivity contribution in [3.63, 3.8) is 0 Å². The Balaban J connectivity index is 0.00000729. The van der Waals surface area contributed by atoms with E-state index in [1.165, 1.54) is 6.26 Å². The van der Waals surface area contributed by atoms with E-state index < -0.39 is 5.60 Å². The molecule has 1 amide bonds. The van der Waals surface area contributed by atoms with E-state index >= 15 is 0 Å². The summed E-state index contributed by atoms with van der Waals surface area (Å²) >= 11 is 0. The van der Waals surface area contributed by atoms with Crippen LogP contribution in [0.15, 0.2) is 21.7 Å². The Bertz CT molecular complexity index is 584. The maximum absolute atomic E-state index is 12.0. The van der Waals surface area contributed by atoms with E-state index in [1.807, 2.05) is 13.8 Å². The molecule has 4 N–H and O–H groups in total. The lowest BCUT2D eigenvalue weighted by Crippen LogP contribution is -2.41. The van der Waals surface area contributed by atoms with Crippen LogP contribution >= 0.6 is 24.0 Å². The highest BCUT2D eigenvalue weighted by atomic mass is 127. The van der Waals surface area contributed by atoms with E-state index in [2.05, 4.69) is 34.8 Å². The summed E-state index contributed by atoms with van der Waals surface area (Å²) in [5.74, 6) is 0.864. The van der Waals surface area contributed by atoms with E-state index in [-0.39, 0.29) is 29.9 Å². The first-order chi connectivity index (χ1) is 13.0. The maximum atomic E-state index is 12.0. The van der Waals surface area contributed by atoms with Crippen LogP contribution in [-0.4, -0.2) is 48.8 Å². The van der Waals surface area contributed by atoms with Crippen LogP contribution in [0.3, 0.4) is 0 Å². The third-order valence-electron chi connectivity index (χ3n) is 4.31. The van der Waals surface area contributed by atoms with Crippen LogP contribution < -0.4 is 16.0 Å². The van der Waals surface area contributed by atoms with E-state index in [0.29, 0.717) is 31.4 Å². The fourth-order valence-electron chi connectivity index (χ4n) is 2.96. The molecule has 8 heteroatoms. The number of hydrogen-bond donors (Lipinski definition) is 4. The fraction of sp³-hybridized carbons (Fsp3) is 0.700. The quantitative estimate of drug-likeness (QED) is 0.151. The van der Waals surface area contributed by atoms with Crippen LogP contribution in [0.1, 0.15) is 69.0 Å². The van der Waals surface area contributed by atoms with Crippen molar-refractivity contribution < 1.29 is 14.3 Å². The number of nitrogens with one attached hydrogen (secondary N) is 3. The van der Waals surface area contributed by atoms with Gasteiger partial charge in [-0.25, -0.2) is 0 Å². The minimum atomic E-state index is -0.735. The maximum Gasteiger partial charge on any atom is 0.287 e. The molecule has 0 atom stereocenters. The molecule has 0 unspecified atom stereocenters. The molecule has 0 aliphatic heterocycles. The summed E-state index contributed by atoms with van der Waals surface area (Å²) in [6.45, 7) is 10.4. The van der Waals surface area contributed by atoms with Crippen molar-refractivity contribution in [1.82, 2.24) is 16.0 Å². The average Bonchev–Trinajstić information content (AvgIpc) is 3.05. The van der Waals surface area contributed by atoms with Gasteiger partial charge in [0.1, 0.15) is 0 Å². The van der Waals surface area contributed by atoms with Gasteiger partial charge in [0, 0.05) is 25.2 Å². The molecule has 0 aromatic carbocycles. The second-order valence-electron chi connectivity index (χ2n) is 6.89. The molecule has 1 aromatic heterocycles. The van der Waals surface area contributed by atoms with Crippen LogP contribution in [0.5, 0.6) is 0 Å².